The van der Waals surface area contributed by atoms with Crippen molar-refractivity contribution in [2.75, 3.05) is 44.3 Å². The number of carbonyl (C=O) groups excluding carboxylic acids is 2. The third-order valence-corrected chi connectivity index (χ3v) is 5.23. The Kier molecular flexibility index (Phi) is 7.64. The Morgan fingerprint density at radius 1 is 1.00 bits per heavy atom. The van der Waals surface area contributed by atoms with Gasteiger partial charge in [0.05, 0.1) is 12.7 Å². The van der Waals surface area contributed by atoms with E-state index in [1.165, 1.54) is 0 Å². The van der Waals surface area contributed by atoms with Crippen molar-refractivity contribution < 1.29 is 28.5 Å². The molecule has 1 aliphatic heterocycles. The van der Waals surface area contributed by atoms with Crippen molar-refractivity contribution in [2.24, 2.45) is 0 Å². The topological polar surface area (TPSA) is 77.5 Å². The van der Waals surface area contributed by atoms with Gasteiger partial charge in [0.2, 0.25) is 0 Å². The maximum Gasteiger partial charge on any atom is 0.410 e. The number of carbonyl (C=O) groups is 2. The van der Waals surface area contributed by atoms with E-state index < -0.39 is 5.60 Å². The SMILES string of the molecule is CCOC(=O)CO[C@H]1C[C@H](Oc2ccc(N3CCN(C(=O)OC(C)(C)C)CC3)cc2)C1. The smallest absolute Gasteiger partial charge is 0.410 e. The molecule has 0 bridgehead atoms. The molecule has 0 N–H and O–H groups in total. The Labute approximate surface area is 184 Å². The quantitative estimate of drug-likeness (QED) is 0.610. The van der Waals surface area contributed by atoms with Gasteiger partial charge in [-0.2, -0.15) is 0 Å². The van der Waals surface area contributed by atoms with Gasteiger partial charge < -0.3 is 28.7 Å². The minimum atomic E-state index is -0.475. The fourth-order valence-electron chi connectivity index (χ4n) is 3.54. The van der Waals surface area contributed by atoms with Crippen molar-refractivity contribution in [3.05, 3.63) is 24.3 Å². The van der Waals surface area contributed by atoms with Crippen LogP contribution in [0.5, 0.6) is 5.75 Å². The molecule has 1 aromatic carbocycles. The van der Waals surface area contributed by atoms with Gasteiger partial charge in [-0.15, -0.1) is 0 Å². The number of hydrogen-bond acceptors (Lipinski definition) is 7. The summed E-state index contributed by atoms with van der Waals surface area (Å²) in [7, 11) is 0. The zero-order valence-electron chi connectivity index (χ0n) is 19.0. The van der Waals surface area contributed by atoms with E-state index in [4.69, 9.17) is 18.9 Å². The number of piperazine rings is 1. The Bertz CT molecular complexity index is 731. The lowest BCUT2D eigenvalue weighted by Crippen LogP contribution is -2.50. The molecule has 31 heavy (non-hydrogen) atoms. The molecule has 1 amide bonds. The first kappa shape index (κ1) is 23.2. The van der Waals surface area contributed by atoms with E-state index in [2.05, 4.69) is 4.90 Å². The van der Waals surface area contributed by atoms with E-state index >= 15 is 0 Å². The van der Waals surface area contributed by atoms with Crippen molar-refractivity contribution >= 4 is 17.7 Å². The molecule has 172 valence electrons. The highest BCUT2D eigenvalue weighted by atomic mass is 16.6. The molecule has 1 heterocycles. The van der Waals surface area contributed by atoms with Crippen molar-refractivity contribution in [3.8, 4) is 5.75 Å². The van der Waals surface area contributed by atoms with Gasteiger partial charge in [0.15, 0.2) is 0 Å². The number of hydrogen-bond donors (Lipinski definition) is 0. The summed E-state index contributed by atoms with van der Waals surface area (Å²) < 4.78 is 21.8. The second-order valence-corrected chi connectivity index (χ2v) is 8.90. The number of nitrogens with zero attached hydrogens (tertiary/aromatic N) is 2. The van der Waals surface area contributed by atoms with Gasteiger partial charge in [0.1, 0.15) is 24.1 Å². The lowest BCUT2D eigenvalue weighted by atomic mass is 9.92. The highest BCUT2D eigenvalue weighted by Crippen LogP contribution is 2.29. The van der Waals surface area contributed by atoms with Gasteiger partial charge in [-0.25, -0.2) is 9.59 Å². The summed E-state index contributed by atoms with van der Waals surface area (Å²) in [5.41, 5.74) is 0.637. The molecular formula is C23H34N2O6. The van der Waals surface area contributed by atoms with Gasteiger partial charge in [0, 0.05) is 44.7 Å². The van der Waals surface area contributed by atoms with Crippen molar-refractivity contribution in [1.82, 2.24) is 4.90 Å². The number of anilines is 1. The van der Waals surface area contributed by atoms with E-state index in [1.807, 2.05) is 45.0 Å². The van der Waals surface area contributed by atoms with Crippen LogP contribution in [0.25, 0.3) is 0 Å². The van der Waals surface area contributed by atoms with Crippen LogP contribution in [0.4, 0.5) is 10.5 Å². The summed E-state index contributed by atoms with van der Waals surface area (Å²) in [6.45, 7) is 10.6. The van der Waals surface area contributed by atoms with E-state index in [0.29, 0.717) is 19.7 Å². The van der Waals surface area contributed by atoms with E-state index in [-0.39, 0.29) is 30.9 Å². The van der Waals surface area contributed by atoms with Gasteiger partial charge in [0.25, 0.3) is 0 Å². The zero-order chi connectivity index (χ0) is 22.4. The molecular weight excluding hydrogens is 400 g/mol. The van der Waals surface area contributed by atoms with Crippen LogP contribution in [0.3, 0.4) is 0 Å². The lowest BCUT2D eigenvalue weighted by molar-refractivity contribution is -0.154. The molecule has 1 saturated heterocycles. The molecule has 2 fully saturated rings. The molecule has 1 saturated carbocycles. The Hall–Kier alpha value is -2.48. The standard InChI is InChI=1S/C23H34N2O6/c1-5-28-21(26)16-29-19-14-20(15-19)30-18-8-6-17(7-9-18)24-10-12-25(13-11-24)22(27)31-23(2,3)4/h6-9,19-20H,5,10-16H2,1-4H3/t19-,20-. The first-order valence-electron chi connectivity index (χ1n) is 11.0. The van der Waals surface area contributed by atoms with E-state index in [0.717, 1.165) is 37.4 Å². The van der Waals surface area contributed by atoms with Crippen molar-refractivity contribution in [1.29, 1.82) is 0 Å². The number of ether oxygens (including phenoxy) is 4. The first-order chi connectivity index (χ1) is 14.7. The van der Waals surface area contributed by atoms with Crippen molar-refractivity contribution in [3.63, 3.8) is 0 Å². The lowest BCUT2D eigenvalue weighted by Gasteiger charge is -2.37. The first-order valence-corrected chi connectivity index (χ1v) is 11.0. The highest BCUT2D eigenvalue weighted by molar-refractivity contribution is 5.70. The molecule has 2 aliphatic rings. The van der Waals surface area contributed by atoms with Crippen LogP contribution in [0, 0.1) is 0 Å². The number of benzene rings is 1. The summed E-state index contributed by atoms with van der Waals surface area (Å²) in [5, 5.41) is 0. The van der Waals surface area contributed by atoms with Gasteiger partial charge in [-0.1, -0.05) is 0 Å². The molecule has 8 heteroatoms. The third-order valence-electron chi connectivity index (χ3n) is 5.23. The average molecular weight is 435 g/mol. The molecule has 0 spiro atoms. The highest BCUT2D eigenvalue weighted by Gasteiger charge is 2.32. The molecule has 0 radical (unpaired) electrons. The molecule has 1 aliphatic carbocycles. The van der Waals surface area contributed by atoms with Gasteiger partial charge >= 0.3 is 12.1 Å². The normalized spacial score (nSPS) is 21.3. The minimum Gasteiger partial charge on any atom is -0.490 e. The zero-order valence-corrected chi connectivity index (χ0v) is 19.0. The van der Waals surface area contributed by atoms with E-state index in [9.17, 15) is 9.59 Å². The van der Waals surface area contributed by atoms with Crippen LogP contribution in [-0.4, -0.2) is 74.2 Å². The molecule has 0 atom stereocenters. The van der Waals surface area contributed by atoms with Crippen LogP contribution in [0.15, 0.2) is 24.3 Å². The van der Waals surface area contributed by atoms with Crippen LogP contribution in [0.1, 0.15) is 40.5 Å². The maximum absolute atomic E-state index is 12.2. The van der Waals surface area contributed by atoms with Crippen LogP contribution in [-0.2, 0) is 19.0 Å². The monoisotopic (exact) mass is 434 g/mol. The molecule has 8 nitrogen and oxygen atoms in total. The summed E-state index contributed by atoms with van der Waals surface area (Å²) in [5.74, 6) is 0.499. The molecule has 0 aromatic heterocycles. The summed E-state index contributed by atoms with van der Waals surface area (Å²) in [4.78, 5) is 27.5. The minimum absolute atomic E-state index is 0.00111. The predicted octanol–water partition coefficient (Wildman–Crippen LogP) is 3.23. The van der Waals surface area contributed by atoms with Gasteiger partial charge in [-0.05, 0) is 52.0 Å². The van der Waals surface area contributed by atoms with Crippen LogP contribution in [0.2, 0.25) is 0 Å². The molecule has 0 unspecified atom stereocenters. The Balaban J connectivity index is 1.38. The second-order valence-electron chi connectivity index (χ2n) is 8.90. The largest absolute Gasteiger partial charge is 0.490 e. The van der Waals surface area contributed by atoms with Crippen LogP contribution < -0.4 is 9.64 Å². The summed E-state index contributed by atoms with van der Waals surface area (Å²) in [6.07, 6.45) is 1.45. The third kappa shape index (κ3) is 7.02. The number of esters is 1. The maximum atomic E-state index is 12.2. The molecule has 1 aromatic rings. The van der Waals surface area contributed by atoms with Crippen LogP contribution >= 0.6 is 0 Å². The number of amides is 1. The van der Waals surface area contributed by atoms with Crippen molar-refractivity contribution in [2.45, 2.75) is 58.3 Å². The summed E-state index contributed by atoms with van der Waals surface area (Å²) >= 11 is 0. The predicted molar refractivity (Wildman–Crippen MR) is 116 cm³/mol. The number of rotatable bonds is 7. The van der Waals surface area contributed by atoms with Gasteiger partial charge in [-0.3, -0.25) is 0 Å². The Morgan fingerprint density at radius 2 is 1.65 bits per heavy atom. The van der Waals surface area contributed by atoms with E-state index in [1.54, 1.807) is 11.8 Å². The average Bonchev–Trinajstić information content (AvgIpc) is 2.69. The summed E-state index contributed by atoms with van der Waals surface area (Å²) in [6, 6.07) is 8.04. The molecule has 3 rings (SSSR count). The second kappa shape index (κ2) is 10.2. The fraction of sp³-hybridized carbons (Fsp3) is 0.652. The fourth-order valence-corrected chi connectivity index (χ4v) is 3.54. The Morgan fingerprint density at radius 3 is 2.23 bits per heavy atom.